The Labute approximate surface area is 94.9 Å². The van der Waals surface area contributed by atoms with Gasteiger partial charge < -0.3 is 4.90 Å². The highest BCUT2D eigenvalue weighted by Gasteiger charge is 2.34. The van der Waals surface area contributed by atoms with Crippen molar-refractivity contribution in [3.8, 4) is 0 Å². The number of benzene rings is 1. The molecule has 1 aromatic carbocycles. The largest absolute Gasteiger partial charge is 0.419 e. The Balaban J connectivity index is 2.37. The molecular weight excluding hydrogens is 236 g/mol. The van der Waals surface area contributed by atoms with E-state index < -0.39 is 17.6 Å². The Morgan fingerprint density at radius 1 is 1.24 bits per heavy atom. The summed E-state index contributed by atoms with van der Waals surface area (Å²) in [6.07, 6.45) is 0.0358. The molecule has 0 spiro atoms. The van der Waals surface area contributed by atoms with Crippen LogP contribution >= 0.6 is 0 Å². The van der Waals surface area contributed by atoms with Gasteiger partial charge in [0.05, 0.1) is 5.56 Å². The van der Waals surface area contributed by atoms with Gasteiger partial charge >= 0.3 is 6.18 Å². The third-order valence-electron chi connectivity index (χ3n) is 2.28. The minimum Gasteiger partial charge on any atom is -0.328 e. The molecule has 2 rings (SSSR count). The minimum absolute atomic E-state index is 0.222. The molecule has 6 heteroatoms. The van der Waals surface area contributed by atoms with Crippen LogP contribution in [0.1, 0.15) is 5.56 Å². The lowest BCUT2D eigenvalue weighted by Crippen LogP contribution is -2.19. The fraction of sp³-hybridized carbons (Fsp3) is 0.182. The summed E-state index contributed by atoms with van der Waals surface area (Å²) in [7, 11) is 0. The van der Waals surface area contributed by atoms with Crippen LogP contribution < -0.4 is 4.90 Å². The van der Waals surface area contributed by atoms with Crippen molar-refractivity contribution in [3.63, 3.8) is 0 Å². The minimum atomic E-state index is -4.69. The molecule has 17 heavy (non-hydrogen) atoms. The van der Waals surface area contributed by atoms with Gasteiger partial charge in [-0.05, 0) is 24.3 Å². The van der Waals surface area contributed by atoms with Crippen molar-refractivity contribution in [2.45, 2.75) is 6.18 Å². The summed E-state index contributed by atoms with van der Waals surface area (Å²) in [5.41, 5.74) is -1.01. The van der Waals surface area contributed by atoms with E-state index in [2.05, 4.69) is 4.99 Å². The van der Waals surface area contributed by atoms with Gasteiger partial charge in [0.1, 0.15) is 12.5 Å². The smallest absolute Gasteiger partial charge is 0.328 e. The standard InChI is InChI=1S/C11H8F4N2/c12-10-3-2-8(6-9(10)11(13,14)15)17-5-1-4-16-7-17/h1-6H,7H2. The topological polar surface area (TPSA) is 15.6 Å². The van der Waals surface area contributed by atoms with Gasteiger partial charge in [-0.3, -0.25) is 4.99 Å². The SMILES string of the molecule is Fc1ccc(N2C=CC=NC2)cc1C(F)(F)F. The average molecular weight is 244 g/mol. The van der Waals surface area contributed by atoms with Crippen molar-refractivity contribution in [1.82, 2.24) is 0 Å². The molecule has 1 heterocycles. The van der Waals surface area contributed by atoms with Crippen LogP contribution in [0.4, 0.5) is 23.2 Å². The third-order valence-corrected chi connectivity index (χ3v) is 2.28. The highest BCUT2D eigenvalue weighted by Crippen LogP contribution is 2.34. The van der Waals surface area contributed by atoms with E-state index in [1.54, 1.807) is 18.5 Å². The third kappa shape index (κ3) is 2.46. The summed E-state index contributed by atoms with van der Waals surface area (Å²) in [5.74, 6) is -1.27. The van der Waals surface area contributed by atoms with Gasteiger partial charge in [0.15, 0.2) is 0 Å². The molecule has 0 saturated carbocycles. The first-order valence-corrected chi connectivity index (χ1v) is 4.78. The molecule has 0 fully saturated rings. The Morgan fingerprint density at radius 2 is 2.00 bits per heavy atom. The van der Waals surface area contributed by atoms with Crippen LogP contribution in [-0.4, -0.2) is 12.9 Å². The van der Waals surface area contributed by atoms with E-state index in [0.717, 1.165) is 12.1 Å². The number of anilines is 1. The van der Waals surface area contributed by atoms with E-state index in [4.69, 9.17) is 0 Å². The zero-order chi connectivity index (χ0) is 12.5. The van der Waals surface area contributed by atoms with Crippen LogP contribution in [0, 0.1) is 5.82 Å². The molecule has 1 aliphatic heterocycles. The molecule has 0 amide bonds. The molecule has 0 atom stereocenters. The first kappa shape index (κ1) is 11.6. The van der Waals surface area contributed by atoms with Crippen LogP contribution in [0.5, 0.6) is 0 Å². The van der Waals surface area contributed by atoms with Gasteiger partial charge in [-0.2, -0.15) is 13.2 Å². The highest BCUT2D eigenvalue weighted by molar-refractivity contribution is 5.74. The lowest BCUT2D eigenvalue weighted by atomic mass is 10.1. The molecule has 0 N–H and O–H groups in total. The van der Waals surface area contributed by atoms with Crippen LogP contribution in [0.2, 0.25) is 0 Å². The van der Waals surface area contributed by atoms with Crippen molar-refractivity contribution >= 4 is 11.9 Å². The maximum Gasteiger partial charge on any atom is 0.419 e. The number of hydrogen-bond donors (Lipinski definition) is 0. The van der Waals surface area contributed by atoms with E-state index in [9.17, 15) is 17.6 Å². The summed E-state index contributed by atoms with van der Waals surface area (Å²) >= 11 is 0. The van der Waals surface area contributed by atoms with E-state index in [1.165, 1.54) is 11.0 Å². The van der Waals surface area contributed by atoms with Crippen molar-refractivity contribution in [3.05, 3.63) is 41.9 Å². The Kier molecular flexibility index (Phi) is 2.87. The maximum absolute atomic E-state index is 13.0. The molecule has 0 radical (unpaired) electrons. The van der Waals surface area contributed by atoms with Gasteiger partial charge in [-0.15, -0.1) is 0 Å². The van der Waals surface area contributed by atoms with Crippen LogP contribution in [0.15, 0.2) is 35.5 Å². The Morgan fingerprint density at radius 3 is 2.59 bits per heavy atom. The predicted octanol–water partition coefficient (Wildman–Crippen LogP) is 3.21. The summed E-state index contributed by atoms with van der Waals surface area (Å²) in [6, 6.07) is 2.88. The lowest BCUT2D eigenvalue weighted by Gasteiger charge is -2.21. The zero-order valence-electron chi connectivity index (χ0n) is 8.58. The zero-order valence-corrected chi connectivity index (χ0v) is 8.58. The second kappa shape index (κ2) is 4.20. The van der Waals surface area contributed by atoms with Crippen molar-refractivity contribution in [2.75, 3.05) is 11.6 Å². The molecule has 2 nitrogen and oxygen atoms in total. The predicted molar refractivity (Wildman–Crippen MR) is 56.4 cm³/mol. The summed E-state index contributed by atoms with van der Waals surface area (Å²) < 4.78 is 50.5. The fourth-order valence-electron chi connectivity index (χ4n) is 1.46. The van der Waals surface area contributed by atoms with E-state index in [0.29, 0.717) is 0 Å². The van der Waals surface area contributed by atoms with Crippen LogP contribution in [0.25, 0.3) is 0 Å². The highest BCUT2D eigenvalue weighted by atomic mass is 19.4. The molecule has 1 aliphatic rings. The number of alkyl halides is 3. The lowest BCUT2D eigenvalue weighted by molar-refractivity contribution is -0.139. The number of halogens is 4. The number of aliphatic imine (C=N–C) groups is 1. The van der Waals surface area contributed by atoms with E-state index in [-0.39, 0.29) is 12.4 Å². The maximum atomic E-state index is 13.0. The molecule has 0 aromatic heterocycles. The van der Waals surface area contributed by atoms with Gasteiger partial charge in [-0.1, -0.05) is 0 Å². The summed E-state index contributed by atoms with van der Waals surface area (Å²) in [6.45, 7) is 0.222. The molecular formula is C11H8F4N2. The second-order valence-electron chi connectivity index (χ2n) is 3.45. The number of allylic oxidation sites excluding steroid dienone is 1. The number of hydrogen-bond acceptors (Lipinski definition) is 2. The Hall–Kier alpha value is -1.85. The first-order chi connectivity index (χ1) is 7.98. The van der Waals surface area contributed by atoms with E-state index >= 15 is 0 Å². The molecule has 90 valence electrons. The second-order valence-corrected chi connectivity index (χ2v) is 3.45. The van der Waals surface area contributed by atoms with Crippen molar-refractivity contribution in [1.29, 1.82) is 0 Å². The molecule has 0 aliphatic carbocycles. The van der Waals surface area contributed by atoms with Gasteiger partial charge in [0, 0.05) is 18.1 Å². The summed E-state index contributed by atoms with van der Waals surface area (Å²) in [4.78, 5) is 5.38. The number of rotatable bonds is 1. The van der Waals surface area contributed by atoms with Gasteiger partial charge in [0.25, 0.3) is 0 Å². The van der Waals surface area contributed by atoms with Crippen molar-refractivity contribution in [2.24, 2.45) is 4.99 Å². The normalized spacial score (nSPS) is 15.4. The van der Waals surface area contributed by atoms with E-state index in [1.807, 2.05) is 0 Å². The van der Waals surface area contributed by atoms with Crippen molar-refractivity contribution < 1.29 is 17.6 Å². The molecule has 0 bridgehead atoms. The molecule has 0 unspecified atom stereocenters. The summed E-state index contributed by atoms with van der Waals surface area (Å²) in [5, 5.41) is 0. The quantitative estimate of drug-likeness (QED) is 0.692. The van der Waals surface area contributed by atoms with Gasteiger partial charge in [0.2, 0.25) is 0 Å². The molecule has 1 aromatic rings. The fourth-order valence-corrected chi connectivity index (χ4v) is 1.46. The first-order valence-electron chi connectivity index (χ1n) is 4.78. The molecule has 0 saturated heterocycles. The van der Waals surface area contributed by atoms with Crippen LogP contribution in [0.3, 0.4) is 0 Å². The monoisotopic (exact) mass is 244 g/mol. The van der Waals surface area contributed by atoms with Gasteiger partial charge in [-0.25, -0.2) is 4.39 Å². The Bertz CT molecular complexity index is 477. The van der Waals surface area contributed by atoms with Crippen LogP contribution in [-0.2, 0) is 6.18 Å². The number of nitrogens with zero attached hydrogens (tertiary/aromatic N) is 2. The average Bonchev–Trinajstić information content (AvgIpc) is 2.29.